The van der Waals surface area contributed by atoms with E-state index in [-0.39, 0.29) is 0 Å². The van der Waals surface area contributed by atoms with Crippen LogP contribution in [-0.4, -0.2) is 0 Å². The lowest BCUT2D eigenvalue weighted by Gasteiger charge is -2.16. The first-order valence-electron chi connectivity index (χ1n) is 7.58. The zero-order valence-electron chi connectivity index (χ0n) is 15.1. The van der Waals surface area contributed by atoms with Crippen molar-refractivity contribution in [2.24, 2.45) is 0 Å². The minimum atomic E-state index is 1.36. The summed E-state index contributed by atoms with van der Waals surface area (Å²) in [4.78, 5) is 0. The minimum Gasteiger partial charge on any atom is -0.0758 e. The topological polar surface area (TPSA) is 0 Å². The van der Waals surface area contributed by atoms with Gasteiger partial charge in [-0.1, -0.05) is 39.3 Å². The van der Waals surface area contributed by atoms with Gasteiger partial charge >= 0.3 is 0 Å². The maximum atomic E-state index is 2.30. The molecule has 0 radical (unpaired) electrons. The molecular formula is C19H34. The van der Waals surface area contributed by atoms with Gasteiger partial charge in [-0.25, -0.2) is 0 Å². The molecule has 0 aromatic heterocycles. The summed E-state index contributed by atoms with van der Waals surface area (Å²) in [6, 6.07) is 0. The normalized spacial score (nSPS) is 8.79. The van der Waals surface area contributed by atoms with Crippen LogP contribution in [-0.2, 0) is 0 Å². The van der Waals surface area contributed by atoms with Crippen LogP contribution in [0.25, 0.3) is 6.08 Å². The molecule has 1 aromatic rings. The summed E-state index contributed by atoms with van der Waals surface area (Å²) in [5.74, 6) is 0. The monoisotopic (exact) mass is 262 g/mol. The summed E-state index contributed by atoms with van der Waals surface area (Å²) in [5.41, 5.74) is 9.94. The predicted molar refractivity (Wildman–Crippen MR) is 92.1 cm³/mol. The molecule has 0 aliphatic heterocycles. The average molecular weight is 262 g/mol. The van der Waals surface area contributed by atoms with Crippen LogP contribution in [0.4, 0.5) is 0 Å². The molecule has 0 heterocycles. The molecule has 0 saturated heterocycles. The van der Waals surface area contributed by atoms with Crippen LogP contribution in [0, 0.1) is 34.6 Å². The van der Waals surface area contributed by atoms with Crippen LogP contribution in [0.3, 0.4) is 0 Å². The average Bonchev–Trinajstić information content (AvgIpc) is 2.43. The Morgan fingerprint density at radius 1 is 0.579 bits per heavy atom. The molecule has 110 valence electrons. The first-order chi connectivity index (χ1) is 8.86. The summed E-state index contributed by atoms with van der Waals surface area (Å²) in [5, 5.41) is 0. The van der Waals surface area contributed by atoms with Gasteiger partial charge in [0.1, 0.15) is 0 Å². The minimum absolute atomic E-state index is 1.36. The highest BCUT2D eigenvalue weighted by Gasteiger charge is 2.09. The van der Waals surface area contributed by atoms with Crippen molar-refractivity contribution in [3.8, 4) is 0 Å². The molecule has 0 atom stereocenters. The summed E-state index contributed by atoms with van der Waals surface area (Å²) in [7, 11) is 0. The van der Waals surface area contributed by atoms with Crippen LogP contribution in [0.2, 0.25) is 0 Å². The third kappa shape index (κ3) is 5.22. The third-order valence-corrected chi connectivity index (χ3v) is 3.49. The molecular weight excluding hydrogens is 228 g/mol. The Morgan fingerprint density at radius 2 is 0.842 bits per heavy atom. The fourth-order valence-electron chi connectivity index (χ4n) is 2.03. The summed E-state index contributed by atoms with van der Waals surface area (Å²) in [6.45, 7) is 23.4. The SMILES string of the molecule is CC.CC.CC(C)=Cc1c(C)c(C)c(C)c(C)c1C. The van der Waals surface area contributed by atoms with Crippen molar-refractivity contribution in [1.82, 2.24) is 0 Å². The summed E-state index contributed by atoms with van der Waals surface area (Å²) in [6.07, 6.45) is 2.30. The lowest BCUT2D eigenvalue weighted by atomic mass is 9.89. The second-order valence-electron chi connectivity index (χ2n) is 4.76. The van der Waals surface area contributed by atoms with Gasteiger partial charge in [0.05, 0.1) is 0 Å². The number of hydrogen-bond acceptors (Lipinski definition) is 0. The molecule has 19 heavy (non-hydrogen) atoms. The van der Waals surface area contributed by atoms with Crippen molar-refractivity contribution in [3.05, 3.63) is 39.0 Å². The van der Waals surface area contributed by atoms with Gasteiger partial charge in [0.25, 0.3) is 0 Å². The van der Waals surface area contributed by atoms with E-state index in [2.05, 4.69) is 54.5 Å². The van der Waals surface area contributed by atoms with E-state index >= 15 is 0 Å². The Labute approximate surface area is 121 Å². The number of allylic oxidation sites excluding steroid dienone is 1. The first-order valence-corrected chi connectivity index (χ1v) is 7.58. The van der Waals surface area contributed by atoms with Gasteiger partial charge in [-0.05, 0) is 81.8 Å². The third-order valence-electron chi connectivity index (χ3n) is 3.49. The molecule has 0 aliphatic carbocycles. The van der Waals surface area contributed by atoms with Crippen molar-refractivity contribution < 1.29 is 0 Å². The molecule has 0 amide bonds. The van der Waals surface area contributed by atoms with Crippen LogP contribution < -0.4 is 0 Å². The van der Waals surface area contributed by atoms with Gasteiger partial charge in [0.2, 0.25) is 0 Å². The number of hydrogen-bond donors (Lipinski definition) is 0. The van der Waals surface area contributed by atoms with E-state index in [1.54, 1.807) is 0 Å². The lowest BCUT2D eigenvalue weighted by molar-refractivity contribution is 1.16. The van der Waals surface area contributed by atoms with Gasteiger partial charge in [-0.3, -0.25) is 0 Å². The Bertz CT molecular complexity index is 387. The molecule has 1 aromatic carbocycles. The standard InChI is InChI=1S/C15H22.2C2H6/c1-9(2)8-15-13(6)11(4)10(3)12(5)14(15)7;2*1-2/h8H,1-7H3;2*1-2H3. The van der Waals surface area contributed by atoms with Gasteiger partial charge < -0.3 is 0 Å². The second kappa shape index (κ2) is 9.83. The smallest absolute Gasteiger partial charge is 0.0193 e. The highest BCUT2D eigenvalue weighted by molar-refractivity contribution is 5.64. The van der Waals surface area contributed by atoms with Crippen molar-refractivity contribution in [3.63, 3.8) is 0 Å². The van der Waals surface area contributed by atoms with Crippen LogP contribution in [0.1, 0.15) is 74.9 Å². The van der Waals surface area contributed by atoms with Crippen LogP contribution in [0.5, 0.6) is 0 Å². The van der Waals surface area contributed by atoms with E-state index in [0.29, 0.717) is 0 Å². The zero-order chi connectivity index (χ0) is 15.7. The zero-order valence-corrected chi connectivity index (χ0v) is 15.1. The van der Waals surface area contributed by atoms with E-state index in [9.17, 15) is 0 Å². The van der Waals surface area contributed by atoms with Gasteiger partial charge in [-0.15, -0.1) is 0 Å². The highest BCUT2D eigenvalue weighted by atomic mass is 14.1. The van der Waals surface area contributed by atoms with Crippen LogP contribution in [0.15, 0.2) is 5.57 Å². The molecule has 1 rings (SSSR count). The van der Waals surface area contributed by atoms with Crippen molar-refractivity contribution in [2.45, 2.75) is 76.2 Å². The van der Waals surface area contributed by atoms with E-state index in [1.807, 2.05) is 27.7 Å². The van der Waals surface area contributed by atoms with E-state index in [4.69, 9.17) is 0 Å². The number of rotatable bonds is 1. The largest absolute Gasteiger partial charge is 0.0758 e. The molecule has 0 N–H and O–H groups in total. The Hall–Kier alpha value is -1.04. The summed E-state index contributed by atoms with van der Waals surface area (Å²) < 4.78 is 0. The maximum absolute atomic E-state index is 2.30. The fourth-order valence-corrected chi connectivity index (χ4v) is 2.03. The molecule has 0 nitrogen and oxygen atoms in total. The van der Waals surface area contributed by atoms with Crippen molar-refractivity contribution in [1.29, 1.82) is 0 Å². The molecule has 0 aliphatic rings. The van der Waals surface area contributed by atoms with E-state index in [0.717, 1.165) is 0 Å². The molecule has 0 heteroatoms. The Kier molecular flexibility index (Phi) is 10.5. The van der Waals surface area contributed by atoms with Crippen LogP contribution >= 0.6 is 0 Å². The first kappa shape index (κ1) is 20.3. The summed E-state index contributed by atoms with van der Waals surface area (Å²) >= 11 is 0. The Morgan fingerprint density at radius 3 is 1.11 bits per heavy atom. The second-order valence-corrected chi connectivity index (χ2v) is 4.76. The van der Waals surface area contributed by atoms with E-state index in [1.165, 1.54) is 39.0 Å². The molecule has 0 bridgehead atoms. The van der Waals surface area contributed by atoms with Gasteiger partial charge in [0, 0.05) is 0 Å². The quantitative estimate of drug-likeness (QED) is 0.528. The molecule has 0 saturated carbocycles. The number of benzene rings is 1. The molecule has 0 spiro atoms. The Balaban J connectivity index is 0. The highest BCUT2D eigenvalue weighted by Crippen LogP contribution is 2.27. The molecule has 0 unspecified atom stereocenters. The maximum Gasteiger partial charge on any atom is -0.0193 e. The fraction of sp³-hybridized carbons (Fsp3) is 0.579. The predicted octanol–water partition coefficient (Wildman–Crippen LogP) is 6.70. The van der Waals surface area contributed by atoms with Crippen molar-refractivity contribution in [2.75, 3.05) is 0 Å². The van der Waals surface area contributed by atoms with Crippen molar-refractivity contribution >= 4 is 6.08 Å². The lowest BCUT2D eigenvalue weighted by Crippen LogP contribution is -1.99. The van der Waals surface area contributed by atoms with E-state index < -0.39 is 0 Å². The van der Waals surface area contributed by atoms with Gasteiger partial charge in [0.15, 0.2) is 0 Å². The van der Waals surface area contributed by atoms with Gasteiger partial charge in [-0.2, -0.15) is 0 Å². The molecule has 0 fully saturated rings.